The Morgan fingerprint density at radius 1 is 1.40 bits per heavy atom. The number of ether oxygens (including phenoxy) is 1. The second-order valence-corrected chi connectivity index (χ2v) is 6.52. The van der Waals surface area contributed by atoms with Crippen LogP contribution in [0.5, 0.6) is 5.75 Å². The average molecular weight is 295 g/mol. The molecule has 1 saturated heterocycles. The van der Waals surface area contributed by atoms with Gasteiger partial charge >= 0.3 is 5.97 Å². The number of carboxylic acids is 1. The van der Waals surface area contributed by atoms with Gasteiger partial charge in [0.15, 0.2) is 0 Å². The summed E-state index contributed by atoms with van der Waals surface area (Å²) < 4.78 is 5.69. The third-order valence-corrected chi connectivity index (χ3v) is 5.10. The molecule has 1 aromatic carbocycles. The van der Waals surface area contributed by atoms with E-state index in [1.807, 2.05) is 11.8 Å². The summed E-state index contributed by atoms with van der Waals surface area (Å²) in [4.78, 5) is 13.2. The van der Waals surface area contributed by atoms with Crippen LogP contribution in [-0.2, 0) is 0 Å². The minimum absolute atomic E-state index is 0.285. The first-order valence-corrected chi connectivity index (χ1v) is 7.94. The van der Waals surface area contributed by atoms with Crippen LogP contribution in [0.25, 0.3) is 0 Å². The van der Waals surface area contributed by atoms with Crippen LogP contribution in [0, 0.1) is 0 Å². The highest BCUT2D eigenvalue weighted by Gasteiger charge is 2.24. The average Bonchev–Trinajstić information content (AvgIpc) is 2.44. The maximum atomic E-state index is 10.8. The van der Waals surface area contributed by atoms with Crippen molar-refractivity contribution < 1.29 is 14.6 Å². The van der Waals surface area contributed by atoms with Crippen molar-refractivity contribution in [3.63, 3.8) is 0 Å². The SMILES string of the molecule is CC1SCCN(CCOc2ccc(C(=O)O)cc2)C1C. The van der Waals surface area contributed by atoms with Crippen LogP contribution in [0.2, 0.25) is 0 Å². The number of carbonyl (C=O) groups is 1. The van der Waals surface area contributed by atoms with E-state index in [9.17, 15) is 4.79 Å². The van der Waals surface area contributed by atoms with Gasteiger partial charge in [0.25, 0.3) is 0 Å². The van der Waals surface area contributed by atoms with E-state index in [0.717, 1.165) is 18.8 Å². The molecule has 0 aromatic heterocycles. The summed E-state index contributed by atoms with van der Waals surface area (Å²) in [5.41, 5.74) is 0.285. The molecule has 110 valence electrons. The number of thioether (sulfide) groups is 1. The van der Waals surface area contributed by atoms with Gasteiger partial charge in [-0.15, -0.1) is 0 Å². The van der Waals surface area contributed by atoms with Crippen molar-refractivity contribution in [2.24, 2.45) is 0 Å². The zero-order chi connectivity index (χ0) is 14.5. The summed E-state index contributed by atoms with van der Waals surface area (Å²) in [5.74, 6) is 0.992. The molecular formula is C15H21NO3S. The van der Waals surface area contributed by atoms with Crippen molar-refractivity contribution in [1.82, 2.24) is 4.90 Å². The highest BCUT2D eigenvalue weighted by atomic mass is 32.2. The standard InChI is InChI=1S/C15H21NO3S/c1-11-12(2)20-10-8-16(11)7-9-19-14-5-3-13(4-6-14)15(17)18/h3-6,11-12H,7-10H2,1-2H3,(H,17,18). The van der Waals surface area contributed by atoms with E-state index in [1.165, 1.54) is 5.75 Å². The Balaban J connectivity index is 1.79. The number of hydrogen-bond acceptors (Lipinski definition) is 4. The highest BCUT2D eigenvalue weighted by molar-refractivity contribution is 8.00. The van der Waals surface area contributed by atoms with Crippen molar-refractivity contribution in [2.75, 3.05) is 25.4 Å². The first-order chi connectivity index (χ1) is 9.58. The Hall–Kier alpha value is -1.20. The van der Waals surface area contributed by atoms with Gasteiger partial charge in [-0.05, 0) is 31.2 Å². The van der Waals surface area contributed by atoms with Gasteiger partial charge in [-0.25, -0.2) is 4.79 Å². The lowest BCUT2D eigenvalue weighted by atomic mass is 10.2. The fourth-order valence-electron chi connectivity index (χ4n) is 2.29. The molecule has 0 bridgehead atoms. The Morgan fingerprint density at radius 2 is 2.10 bits per heavy atom. The van der Waals surface area contributed by atoms with Crippen LogP contribution in [-0.4, -0.2) is 52.7 Å². The highest BCUT2D eigenvalue weighted by Crippen LogP contribution is 2.23. The minimum Gasteiger partial charge on any atom is -0.492 e. The molecule has 1 N–H and O–H groups in total. The van der Waals surface area contributed by atoms with Crippen molar-refractivity contribution in [2.45, 2.75) is 25.1 Å². The number of carboxylic acid groups (broad SMARTS) is 1. The number of rotatable bonds is 5. The maximum absolute atomic E-state index is 10.8. The molecule has 2 unspecified atom stereocenters. The van der Waals surface area contributed by atoms with Crippen molar-refractivity contribution >= 4 is 17.7 Å². The van der Waals surface area contributed by atoms with Gasteiger partial charge < -0.3 is 9.84 Å². The third kappa shape index (κ3) is 3.90. The van der Waals surface area contributed by atoms with Crippen molar-refractivity contribution in [1.29, 1.82) is 0 Å². The number of benzene rings is 1. The van der Waals surface area contributed by atoms with Gasteiger partial charge in [0.05, 0.1) is 5.56 Å². The molecule has 1 heterocycles. The molecule has 2 atom stereocenters. The molecule has 0 spiro atoms. The fraction of sp³-hybridized carbons (Fsp3) is 0.533. The summed E-state index contributed by atoms with van der Waals surface area (Å²) in [7, 11) is 0. The largest absolute Gasteiger partial charge is 0.492 e. The summed E-state index contributed by atoms with van der Waals surface area (Å²) >= 11 is 2.03. The number of hydrogen-bond donors (Lipinski definition) is 1. The Labute approximate surface area is 124 Å². The molecule has 0 radical (unpaired) electrons. The van der Waals surface area contributed by atoms with E-state index in [0.29, 0.717) is 17.9 Å². The second kappa shape index (κ2) is 6.99. The molecule has 1 aliphatic rings. The van der Waals surface area contributed by atoms with E-state index in [-0.39, 0.29) is 5.56 Å². The molecule has 4 nitrogen and oxygen atoms in total. The minimum atomic E-state index is -0.912. The van der Waals surface area contributed by atoms with Crippen LogP contribution in [0.1, 0.15) is 24.2 Å². The Bertz CT molecular complexity index is 449. The van der Waals surface area contributed by atoms with Gasteiger partial charge in [-0.3, -0.25) is 4.90 Å². The maximum Gasteiger partial charge on any atom is 0.335 e. The molecule has 0 saturated carbocycles. The molecule has 2 rings (SSSR count). The Kier molecular flexibility index (Phi) is 5.31. The van der Waals surface area contributed by atoms with Crippen molar-refractivity contribution in [3.8, 4) is 5.75 Å². The van der Waals surface area contributed by atoms with Crippen LogP contribution < -0.4 is 4.74 Å². The molecule has 0 amide bonds. The van der Waals surface area contributed by atoms with Crippen LogP contribution in [0.15, 0.2) is 24.3 Å². The van der Waals surface area contributed by atoms with Gasteiger partial charge in [-0.2, -0.15) is 11.8 Å². The number of nitrogens with zero attached hydrogens (tertiary/aromatic N) is 1. The lowest BCUT2D eigenvalue weighted by Crippen LogP contribution is -2.46. The normalized spacial score (nSPS) is 23.5. The van der Waals surface area contributed by atoms with E-state index in [1.54, 1.807) is 24.3 Å². The first-order valence-electron chi connectivity index (χ1n) is 6.89. The zero-order valence-electron chi connectivity index (χ0n) is 11.9. The van der Waals surface area contributed by atoms with E-state index in [2.05, 4.69) is 18.7 Å². The number of aromatic carboxylic acids is 1. The van der Waals surface area contributed by atoms with Gasteiger partial charge in [0.2, 0.25) is 0 Å². The fourth-order valence-corrected chi connectivity index (χ4v) is 3.45. The Morgan fingerprint density at radius 3 is 2.75 bits per heavy atom. The lowest BCUT2D eigenvalue weighted by Gasteiger charge is -2.37. The smallest absolute Gasteiger partial charge is 0.335 e. The van der Waals surface area contributed by atoms with Crippen LogP contribution >= 0.6 is 11.8 Å². The summed E-state index contributed by atoms with van der Waals surface area (Å²) in [5, 5.41) is 9.49. The van der Waals surface area contributed by atoms with Crippen molar-refractivity contribution in [3.05, 3.63) is 29.8 Å². The molecule has 5 heteroatoms. The van der Waals surface area contributed by atoms with Crippen LogP contribution in [0.4, 0.5) is 0 Å². The monoisotopic (exact) mass is 295 g/mol. The van der Waals surface area contributed by atoms with E-state index < -0.39 is 5.97 Å². The summed E-state index contributed by atoms with van der Waals surface area (Å²) in [6.45, 7) is 7.18. The van der Waals surface area contributed by atoms with Crippen LogP contribution in [0.3, 0.4) is 0 Å². The molecule has 1 fully saturated rings. The quantitative estimate of drug-likeness (QED) is 0.905. The molecule has 20 heavy (non-hydrogen) atoms. The molecule has 1 aliphatic heterocycles. The summed E-state index contributed by atoms with van der Waals surface area (Å²) in [6, 6.07) is 7.13. The first kappa shape index (κ1) is 15.2. The predicted molar refractivity (Wildman–Crippen MR) is 81.9 cm³/mol. The zero-order valence-corrected chi connectivity index (χ0v) is 12.7. The molecular weight excluding hydrogens is 274 g/mol. The van der Waals surface area contributed by atoms with Gasteiger partial charge in [0, 0.05) is 30.1 Å². The van der Waals surface area contributed by atoms with Gasteiger partial charge in [-0.1, -0.05) is 6.92 Å². The lowest BCUT2D eigenvalue weighted by molar-refractivity contribution is 0.0697. The third-order valence-electron chi connectivity index (χ3n) is 3.76. The summed E-state index contributed by atoms with van der Waals surface area (Å²) in [6.07, 6.45) is 0. The van der Waals surface area contributed by atoms with E-state index >= 15 is 0 Å². The van der Waals surface area contributed by atoms with Gasteiger partial charge in [0.1, 0.15) is 12.4 Å². The molecule has 1 aromatic rings. The molecule has 0 aliphatic carbocycles. The van der Waals surface area contributed by atoms with E-state index in [4.69, 9.17) is 9.84 Å². The predicted octanol–water partition coefficient (Wildman–Crippen LogP) is 2.59. The topological polar surface area (TPSA) is 49.8 Å². The second-order valence-electron chi connectivity index (χ2n) is 5.03.